The lowest BCUT2D eigenvalue weighted by atomic mass is 10.1. The molecule has 2 rings (SSSR count). The van der Waals surface area contributed by atoms with Crippen molar-refractivity contribution < 1.29 is 8.78 Å². The largest absolute Gasteiger partial charge is 0.324 e. The zero-order valence-electron chi connectivity index (χ0n) is 9.86. The maximum atomic E-state index is 13.0. The van der Waals surface area contributed by atoms with Crippen LogP contribution in [0.1, 0.15) is 18.5 Å². The molecule has 0 fully saturated rings. The van der Waals surface area contributed by atoms with Crippen molar-refractivity contribution in [3.8, 4) is 0 Å². The van der Waals surface area contributed by atoms with E-state index in [2.05, 4.69) is 0 Å². The van der Waals surface area contributed by atoms with Crippen LogP contribution in [0.4, 0.5) is 8.78 Å². The summed E-state index contributed by atoms with van der Waals surface area (Å²) in [6, 6.07) is 11.6. The average molecular weight is 265 g/mol. The van der Waals surface area contributed by atoms with Gasteiger partial charge < -0.3 is 5.73 Å². The minimum atomic E-state index is -0.827. The van der Waals surface area contributed by atoms with Gasteiger partial charge in [0.05, 0.1) is 0 Å². The van der Waals surface area contributed by atoms with E-state index >= 15 is 0 Å². The molecule has 0 saturated heterocycles. The molecule has 0 bridgehead atoms. The minimum absolute atomic E-state index is 0.00712. The second-order valence-corrected chi connectivity index (χ2v) is 5.18. The number of nitrogens with two attached hydrogens (primary N) is 1. The first-order chi connectivity index (χ1) is 8.56. The molecule has 0 heterocycles. The Labute approximate surface area is 109 Å². The van der Waals surface area contributed by atoms with Gasteiger partial charge in [0, 0.05) is 15.8 Å². The smallest absolute Gasteiger partial charge is 0.159 e. The highest BCUT2D eigenvalue weighted by Crippen LogP contribution is 2.29. The number of hydrogen-bond acceptors (Lipinski definition) is 2. The summed E-state index contributed by atoms with van der Waals surface area (Å²) in [5.74, 6) is -1.65. The Morgan fingerprint density at radius 2 is 1.56 bits per heavy atom. The molecule has 0 saturated carbocycles. The Kier molecular flexibility index (Phi) is 3.99. The predicted molar refractivity (Wildman–Crippen MR) is 69.5 cm³/mol. The molecule has 0 unspecified atom stereocenters. The average Bonchev–Trinajstić information content (AvgIpc) is 2.34. The van der Waals surface area contributed by atoms with Gasteiger partial charge in [-0.25, -0.2) is 8.78 Å². The van der Waals surface area contributed by atoms with Gasteiger partial charge in [-0.05, 0) is 42.8 Å². The summed E-state index contributed by atoms with van der Waals surface area (Å²) in [6.07, 6.45) is 0. The fourth-order valence-electron chi connectivity index (χ4n) is 1.52. The van der Waals surface area contributed by atoms with E-state index in [1.54, 1.807) is 6.07 Å². The van der Waals surface area contributed by atoms with Crippen LogP contribution in [0.25, 0.3) is 0 Å². The second kappa shape index (κ2) is 5.50. The lowest BCUT2D eigenvalue weighted by Crippen LogP contribution is -2.04. The molecule has 2 N–H and O–H groups in total. The van der Waals surface area contributed by atoms with E-state index in [1.165, 1.54) is 17.8 Å². The molecule has 0 amide bonds. The Hall–Kier alpha value is -1.39. The van der Waals surface area contributed by atoms with Gasteiger partial charge in [-0.2, -0.15) is 0 Å². The van der Waals surface area contributed by atoms with Gasteiger partial charge in [-0.1, -0.05) is 23.9 Å². The molecular formula is C14H13F2NS. The maximum Gasteiger partial charge on any atom is 0.159 e. The molecule has 2 aromatic rings. The Morgan fingerprint density at radius 1 is 0.944 bits per heavy atom. The van der Waals surface area contributed by atoms with E-state index in [4.69, 9.17) is 5.73 Å². The Bertz CT molecular complexity index is 538. The van der Waals surface area contributed by atoms with Crippen LogP contribution >= 0.6 is 11.8 Å². The minimum Gasteiger partial charge on any atom is -0.324 e. The van der Waals surface area contributed by atoms with E-state index in [9.17, 15) is 8.78 Å². The van der Waals surface area contributed by atoms with E-state index in [0.29, 0.717) is 4.90 Å². The van der Waals surface area contributed by atoms with Gasteiger partial charge in [0.2, 0.25) is 0 Å². The van der Waals surface area contributed by atoms with Crippen molar-refractivity contribution in [3.63, 3.8) is 0 Å². The van der Waals surface area contributed by atoms with Crippen molar-refractivity contribution in [1.82, 2.24) is 0 Å². The van der Waals surface area contributed by atoms with E-state index in [0.717, 1.165) is 16.5 Å². The van der Waals surface area contributed by atoms with Crippen LogP contribution in [0.2, 0.25) is 0 Å². The van der Waals surface area contributed by atoms with Crippen molar-refractivity contribution in [3.05, 3.63) is 59.7 Å². The van der Waals surface area contributed by atoms with Gasteiger partial charge in [0.1, 0.15) is 0 Å². The summed E-state index contributed by atoms with van der Waals surface area (Å²) in [6.45, 7) is 1.91. The normalized spacial score (nSPS) is 12.4. The molecule has 4 heteroatoms. The van der Waals surface area contributed by atoms with Gasteiger partial charge >= 0.3 is 0 Å². The standard InChI is InChI=1S/C14H13F2NS/c1-9(17)10-2-4-11(5-3-10)18-12-6-7-13(15)14(16)8-12/h2-9H,17H2,1H3/t9-/m0/s1. The topological polar surface area (TPSA) is 26.0 Å². The lowest BCUT2D eigenvalue weighted by Gasteiger charge is -2.07. The highest BCUT2D eigenvalue weighted by Gasteiger charge is 2.05. The van der Waals surface area contributed by atoms with Crippen LogP contribution in [0, 0.1) is 11.6 Å². The molecule has 0 aliphatic carbocycles. The van der Waals surface area contributed by atoms with E-state index < -0.39 is 11.6 Å². The summed E-state index contributed by atoms with van der Waals surface area (Å²) < 4.78 is 25.8. The van der Waals surface area contributed by atoms with Crippen molar-refractivity contribution in [2.75, 3.05) is 0 Å². The fourth-order valence-corrected chi connectivity index (χ4v) is 2.36. The van der Waals surface area contributed by atoms with E-state index in [-0.39, 0.29) is 6.04 Å². The third-order valence-electron chi connectivity index (χ3n) is 2.53. The van der Waals surface area contributed by atoms with Crippen LogP contribution in [0.5, 0.6) is 0 Å². The number of hydrogen-bond donors (Lipinski definition) is 1. The number of rotatable bonds is 3. The third kappa shape index (κ3) is 3.09. The summed E-state index contributed by atoms with van der Waals surface area (Å²) in [4.78, 5) is 1.63. The van der Waals surface area contributed by atoms with Crippen LogP contribution < -0.4 is 5.73 Å². The molecule has 1 atom stereocenters. The van der Waals surface area contributed by atoms with Crippen LogP contribution in [0.3, 0.4) is 0 Å². The molecule has 0 spiro atoms. The monoisotopic (exact) mass is 265 g/mol. The molecule has 0 aliphatic heterocycles. The SMILES string of the molecule is C[C@H](N)c1ccc(Sc2ccc(F)c(F)c2)cc1. The first kappa shape index (κ1) is 13.1. The Morgan fingerprint density at radius 3 is 2.11 bits per heavy atom. The van der Waals surface area contributed by atoms with E-state index in [1.807, 2.05) is 31.2 Å². The van der Waals surface area contributed by atoms with Crippen molar-refractivity contribution in [1.29, 1.82) is 0 Å². The predicted octanol–water partition coefficient (Wildman–Crippen LogP) is 4.14. The highest BCUT2D eigenvalue weighted by molar-refractivity contribution is 7.99. The fraction of sp³-hybridized carbons (Fsp3) is 0.143. The van der Waals surface area contributed by atoms with Crippen molar-refractivity contribution >= 4 is 11.8 Å². The molecular weight excluding hydrogens is 252 g/mol. The summed E-state index contributed by atoms with van der Waals surface area (Å²) >= 11 is 1.38. The second-order valence-electron chi connectivity index (χ2n) is 4.04. The summed E-state index contributed by atoms with van der Waals surface area (Å²) in [5, 5.41) is 0. The molecule has 1 nitrogen and oxygen atoms in total. The van der Waals surface area contributed by atoms with Gasteiger partial charge in [-0.15, -0.1) is 0 Å². The first-order valence-electron chi connectivity index (χ1n) is 5.54. The summed E-state index contributed by atoms with van der Waals surface area (Å²) in [7, 11) is 0. The van der Waals surface area contributed by atoms with Crippen LogP contribution in [0.15, 0.2) is 52.3 Å². The lowest BCUT2D eigenvalue weighted by molar-refractivity contribution is 0.506. The molecule has 0 radical (unpaired) electrons. The number of halogens is 2. The van der Waals surface area contributed by atoms with Crippen molar-refractivity contribution in [2.45, 2.75) is 22.8 Å². The maximum absolute atomic E-state index is 13.0. The zero-order valence-corrected chi connectivity index (χ0v) is 10.7. The Balaban J connectivity index is 2.15. The van der Waals surface area contributed by atoms with Gasteiger partial charge in [0.15, 0.2) is 11.6 Å². The molecule has 2 aromatic carbocycles. The van der Waals surface area contributed by atoms with Gasteiger partial charge in [-0.3, -0.25) is 0 Å². The first-order valence-corrected chi connectivity index (χ1v) is 6.36. The van der Waals surface area contributed by atoms with Gasteiger partial charge in [0.25, 0.3) is 0 Å². The highest BCUT2D eigenvalue weighted by atomic mass is 32.2. The molecule has 18 heavy (non-hydrogen) atoms. The van der Waals surface area contributed by atoms with Crippen LogP contribution in [-0.4, -0.2) is 0 Å². The molecule has 94 valence electrons. The zero-order chi connectivity index (χ0) is 13.1. The molecule has 0 aromatic heterocycles. The van der Waals surface area contributed by atoms with Crippen LogP contribution in [-0.2, 0) is 0 Å². The quantitative estimate of drug-likeness (QED) is 0.902. The van der Waals surface area contributed by atoms with Crippen molar-refractivity contribution in [2.24, 2.45) is 5.73 Å². The molecule has 0 aliphatic rings. The summed E-state index contributed by atoms with van der Waals surface area (Å²) in [5.41, 5.74) is 6.80. The third-order valence-corrected chi connectivity index (χ3v) is 3.53. The number of benzene rings is 2.